The number of nitrogens with one attached hydrogen (secondary N) is 1. The van der Waals surface area contributed by atoms with E-state index in [9.17, 15) is 14.4 Å². The van der Waals surface area contributed by atoms with Crippen LogP contribution in [0.25, 0.3) is 10.2 Å². The molecule has 0 bridgehead atoms. The molecule has 34 heavy (non-hydrogen) atoms. The number of ether oxygens (including phenoxy) is 1. The summed E-state index contributed by atoms with van der Waals surface area (Å²) >= 11 is 1.64. The molecule has 1 aliphatic rings. The van der Waals surface area contributed by atoms with Crippen molar-refractivity contribution in [3.63, 3.8) is 0 Å². The highest BCUT2D eigenvalue weighted by Gasteiger charge is 2.36. The second-order valence-electron chi connectivity index (χ2n) is 8.84. The summed E-state index contributed by atoms with van der Waals surface area (Å²) in [5.41, 5.74) is 2.04. The molecule has 4 rings (SSSR count). The zero-order valence-corrected chi connectivity index (χ0v) is 20.4. The van der Waals surface area contributed by atoms with E-state index < -0.39 is 6.10 Å². The zero-order chi connectivity index (χ0) is 24.1. The Bertz CT molecular complexity index is 1140. The van der Waals surface area contributed by atoms with Gasteiger partial charge in [-0.15, -0.1) is 11.3 Å². The van der Waals surface area contributed by atoms with Crippen molar-refractivity contribution in [2.75, 3.05) is 5.32 Å². The van der Waals surface area contributed by atoms with Gasteiger partial charge in [0.15, 0.2) is 6.10 Å². The summed E-state index contributed by atoms with van der Waals surface area (Å²) in [5, 5.41) is 3.78. The first kappa shape index (κ1) is 24.1. The van der Waals surface area contributed by atoms with Crippen LogP contribution in [0.4, 0.5) is 5.69 Å². The largest absolute Gasteiger partial charge is 0.454 e. The van der Waals surface area contributed by atoms with Crippen molar-refractivity contribution < 1.29 is 19.1 Å². The van der Waals surface area contributed by atoms with Gasteiger partial charge in [-0.1, -0.05) is 31.9 Å². The highest BCUT2D eigenvalue weighted by molar-refractivity contribution is 7.18. The summed E-state index contributed by atoms with van der Waals surface area (Å²) in [6.07, 6.45) is 4.00. The number of hydrogen-bond donors (Lipinski definition) is 1. The monoisotopic (exact) mass is 478 g/mol. The fourth-order valence-electron chi connectivity index (χ4n) is 4.48. The van der Waals surface area contributed by atoms with E-state index in [-0.39, 0.29) is 29.5 Å². The molecule has 0 saturated heterocycles. The normalized spacial score (nSPS) is 18.9. The van der Waals surface area contributed by atoms with Gasteiger partial charge in [-0.25, -0.2) is 4.98 Å². The van der Waals surface area contributed by atoms with Gasteiger partial charge in [0.05, 0.1) is 21.1 Å². The number of anilines is 1. The Morgan fingerprint density at radius 1 is 1.09 bits per heavy atom. The van der Waals surface area contributed by atoms with E-state index in [2.05, 4.69) is 5.32 Å². The number of para-hydroxylation sites is 1. The molecule has 0 spiro atoms. The second kappa shape index (κ2) is 10.9. The number of hydrogen-bond acceptors (Lipinski definition) is 6. The lowest BCUT2D eigenvalue weighted by Gasteiger charge is -2.29. The van der Waals surface area contributed by atoms with Crippen LogP contribution in [-0.2, 0) is 14.3 Å². The van der Waals surface area contributed by atoms with Crippen LogP contribution in [0.3, 0.4) is 0 Å². The molecular weight excluding hydrogens is 448 g/mol. The van der Waals surface area contributed by atoms with Crippen molar-refractivity contribution in [1.29, 1.82) is 0 Å². The first-order valence-electron chi connectivity index (χ1n) is 12.0. The first-order chi connectivity index (χ1) is 16.5. The van der Waals surface area contributed by atoms with Crippen molar-refractivity contribution in [3.05, 3.63) is 59.1 Å². The molecule has 0 radical (unpaired) electrons. The number of Topliss-reactive ketones (excluding diaryl/α,β-unsaturated/α-hetero) is 1. The number of aromatic nitrogens is 1. The van der Waals surface area contributed by atoms with E-state index in [1.165, 1.54) is 0 Å². The van der Waals surface area contributed by atoms with E-state index in [0.717, 1.165) is 47.3 Å². The Morgan fingerprint density at radius 3 is 2.56 bits per heavy atom. The third-order valence-electron chi connectivity index (χ3n) is 6.29. The SMILES string of the molecule is CCCC(=O)Nc1ccc(C(=O)C(C)OC(=O)C2CCCCC2c2nc3ccccc3s2)cc1. The Morgan fingerprint density at radius 2 is 1.82 bits per heavy atom. The van der Waals surface area contributed by atoms with Crippen molar-refractivity contribution in [1.82, 2.24) is 4.98 Å². The number of nitrogens with zero attached hydrogens (tertiary/aromatic N) is 1. The number of rotatable bonds is 8. The number of thiazole rings is 1. The van der Waals surface area contributed by atoms with Gasteiger partial charge < -0.3 is 10.1 Å². The zero-order valence-electron chi connectivity index (χ0n) is 19.6. The maximum atomic E-state index is 13.1. The van der Waals surface area contributed by atoms with Gasteiger partial charge in [-0.2, -0.15) is 0 Å². The Balaban J connectivity index is 1.41. The molecule has 1 heterocycles. The van der Waals surface area contributed by atoms with Gasteiger partial charge in [0.1, 0.15) is 0 Å². The summed E-state index contributed by atoms with van der Waals surface area (Å²) in [6.45, 7) is 3.56. The lowest BCUT2D eigenvalue weighted by atomic mass is 9.79. The molecule has 3 atom stereocenters. The molecule has 6 nitrogen and oxygen atoms in total. The molecule has 1 N–H and O–H groups in total. The van der Waals surface area contributed by atoms with Gasteiger partial charge in [-0.3, -0.25) is 14.4 Å². The highest BCUT2D eigenvalue weighted by atomic mass is 32.1. The summed E-state index contributed by atoms with van der Waals surface area (Å²) in [6, 6.07) is 14.7. The van der Waals surface area contributed by atoms with Gasteiger partial charge in [0.25, 0.3) is 0 Å². The molecule has 7 heteroatoms. The number of ketones is 1. The van der Waals surface area contributed by atoms with Gasteiger partial charge in [0, 0.05) is 23.6 Å². The lowest BCUT2D eigenvalue weighted by Crippen LogP contribution is -2.32. The molecule has 3 unspecified atom stereocenters. The minimum absolute atomic E-state index is 0.0203. The topological polar surface area (TPSA) is 85.4 Å². The highest BCUT2D eigenvalue weighted by Crippen LogP contribution is 2.41. The van der Waals surface area contributed by atoms with Crippen LogP contribution >= 0.6 is 11.3 Å². The summed E-state index contributed by atoms with van der Waals surface area (Å²) in [5.74, 6) is -0.910. The number of esters is 1. The van der Waals surface area contributed by atoms with Crippen molar-refractivity contribution in [2.24, 2.45) is 5.92 Å². The summed E-state index contributed by atoms with van der Waals surface area (Å²) < 4.78 is 6.80. The van der Waals surface area contributed by atoms with E-state index in [4.69, 9.17) is 9.72 Å². The second-order valence-corrected chi connectivity index (χ2v) is 9.90. The maximum Gasteiger partial charge on any atom is 0.310 e. The van der Waals surface area contributed by atoms with E-state index >= 15 is 0 Å². The van der Waals surface area contributed by atoms with Gasteiger partial charge in [-0.05, 0) is 62.6 Å². The fourth-order valence-corrected chi connectivity index (χ4v) is 5.64. The quantitative estimate of drug-likeness (QED) is 0.311. The van der Waals surface area contributed by atoms with E-state index in [0.29, 0.717) is 17.7 Å². The molecule has 178 valence electrons. The molecule has 1 aliphatic carbocycles. The molecule has 1 amide bonds. The van der Waals surface area contributed by atoms with Crippen molar-refractivity contribution >= 4 is 44.9 Å². The van der Waals surface area contributed by atoms with Crippen LogP contribution in [0, 0.1) is 5.92 Å². The standard InChI is InChI=1S/C27H30N2O4S/c1-3-8-24(30)28-19-15-13-18(14-16-19)25(31)17(2)33-27(32)21-10-5-4-9-20(21)26-29-22-11-6-7-12-23(22)34-26/h6-7,11-17,20-21H,3-5,8-10H2,1-2H3,(H,28,30). The predicted octanol–water partition coefficient (Wildman–Crippen LogP) is 6.12. The summed E-state index contributed by atoms with van der Waals surface area (Å²) in [4.78, 5) is 42.6. The van der Waals surface area contributed by atoms with Gasteiger partial charge >= 0.3 is 5.97 Å². The van der Waals surface area contributed by atoms with Crippen molar-refractivity contribution in [2.45, 2.75) is 64.4 Å². The average molecular weight is 479 g/mol. The molecule has 0 aliphatic heterocycles. The van der Waals surface area contributed by atoms with Crippen molar-refractivity contribution in [3.8, 4) is 0 Å². The third kappa shape index (κ3) is 5.53. The molecule has 1 aromatic heterocycles. The number of amides is 1. The Kier molecular flexibility index (Phi) is 7.73. The number of fused-ring (bicyclic) bond motifs is 1. The third-order valence-corrected chi connectivity index (χ3v) is 7.46. The maximum absolute atomic E-state index is 13.1. The lowest BCUT2D eigenvalue weighted by molar-refractivity contribution is -0.153. The Hall–Kier alpha value is -3.06. The molecule has 3 aromatic rings. The summed E-state index contributed by atoms with van der Waals surface area (Å²) in [7, 11) is 0. The van der Waals surface area contributed by atoms with Crippen LogP contribution in [0.1, 0.15) is 73.7 Å². The number of benzene rings is 2. The van der Waals surface area contributed by atoms with Crippen LogP contribution in [0.15, 0.2) is 48.5 Å². The fraction of sp³-hybridized carbons (Fsp3) is 0.407. The molecule has 1 saturated carbocycles. The Labute approximate surface area is 203 Å². The molecule has 2 aromatic carbocycles. The minimum Gasteiger partial charge on any atom is -0.454 e. The van der Waals surface area contributed by atoms with E-state index in [1.807, 2.05) is 31.2 Å². The van der Waals surface area contributed by atoms with Crippen LogP contribution < -0.4 is 5.32 Å². The molecule has 1 fully saturated rings. The van der Waals surface area contributed by atoms with Crippen LogP contribution in [0.2, 0.25) is 0 Å². The molecular formula is C27H30N2O4S. The number of carbonyl (C=O) groups is 3. The first-order valence-corrected chi connectivity index (χ1v) is 12.8. The van der Waals surface area contributed by atoms with Gasteiger partial charge in [0.2, 0.25) is 11.7 Å². The minimum atomic E-state index is -0.883. The number of carbonyl (C=O) groups excluding carboxylic acids is 3. The van der Waals surface area contributed by atoms with E-state index in [1.54, 1.807) is 42.5 Å². The predicted molar refractivity (Wildman–Crippen MR) is 134 cm³/mol. The smallest absolute Gasteiger partial charge is 0.310 e. The van der Waals surface area contributed by atoms with Crippen LogP contribution in [0.5, 0.6) is 0 Å². The average Bonchev–Trinajstić information content (AvgIpc) is 3.28. The van der Waals surface area contributed by atoms with Crippen LogP contribution in [-0.4, -0.2) is 28.7 Å².